The summed E-state index contributed by atoms with van der Waals surface area (Å²) >= 11 is 0. The molecule has 0 bridgehead atoms. The van der Waals surface area contributed by atoms with Gasteiger partial charge < -0.3 is 9.80 Å². The molecule has 9 heteroatoms. The summed E-state index contributed by atoms with van der Waals surface area (Å²) in [5.41, 5.74) is 1.70. The Kier molecular flexibility index (Phi) is 6.88. The van der Waals surface area contributed by atoms with Crippen LogP contribution in [0.15, 0.2) is 23.1 Å². The van der Waals surface area contributed by atoms with E-state index in [-0.39, 0.29) is 22.8 Å². The van der Waals surface area contributed by atoms with Gasteiger partial charge >= 0.3 is 0 Å². The highest BCUT2D eigenvalue weighted by Gasteiger charge is 2.33. The molecule has 1 unspecified atom stereocenters. The Labute approximate surface area is 191 Å². The summed E-state index contributed by atoms with van der Waals surface area (Å²) < 4.78 is 28.0. The maximum atomic E-state index is 13.3. The summed E-state index contributed by atoms with van der Waals surface area (Å²) in [6.45, 7) is 7.42. The molecule has 0 aliphatic carbocycles. The minimum atomic E-state index is -3.61. The van der Waals surface area contributed by atoms with Crippen molar-refractivity contribution in [1.82, 2.24) is 14.1 Å². The lowest BCUT2D eigenvalue weighted by Gasteiger charge is -2.34. The number of hydrogen-bond donors (Lipinski definition) is 0. The van der Waals surface area contributed by atoms with Gasteiger partial charge in [0.1, 0.15) is 0 Å². The number of fused-ring (bicyclic) bond motifs is 1. The van der Waals surface area contributed by atoms with Crippen LogP contribution in [0.4, 0.5) is 5.69 Å². The summed E-state index contributed by atoms with van der Waals surface area (Å²) in [6, 6.07) is 5.12. The topological polar surface area (TPSA) is 81.2 Å². The third kappa shape index (κ3) is 4.70. The number of amides is 2. The molecule has 8 nitrogen and oxygen atoms in total. The van der Waals surface area contributed by atoms with Gasteiger partial charge in [-0.1, -0.05) is 12.8 Å². The smallest absolute Gasteiger partial charge is 0.243 e. The third-order valence-corrected chi connectivity index (χ3v) is 8.79. The molecule has 3 aliphatic heterocycles. The zero-order valence-corrected chi connectivity index (χ0v) is 19.9. The van der Waals surface area contributed by atoms with Gasteiger partial charge in [0.25, 0.3) is 0 Å². The lowest BCUT2D eigenvalue weighted by Crippen LogP contribution is -2.51. The minimum Gasteiger partial charge on any atom is -0.342 e. The Morgan fingerprint density at radius 1 is 0.969 bits per heavy atom. The number of carbonyl (C=O) groups excluding carboxylic acids is 2. The molecule has 0 N–H and O–H groups in total. The van der Waals surface area contributed by atoms with Crippen LogP contribution in [0, 0.1) is 0 Å². The molecule has 1 aromatic carbocycles. The second-order valence-corrected chi connectivity index (χ2v) is 11.1. The molecule has 2 saturated heterocycles. The second kappa shape index (κ2) is 9.49. The SMILES string of the molecule is CC(=O)N1c2ccc(S(=O)(=O)N3CCN(CC(=O)N4CCCCCC4)CC3)cc2CC1C. The average Bonchev–Trinajstić information content (AvgIpc) is 2.91. The highest BCUT2D eigenvalue weighted by atomic mass is 32.2. The van der Waals surface area contributed by atoms with Crippen molar-refractivity contribution in [2.24, 2.45) is 0 Å². The van der Waals surface area contributed by atoms with E-state index in [0.717, 1.165) is 37.2 Å². The largest absolute Gasteiger partial charge is 0.342 e. The van der Waals surface area contributed by atoms with E-state index >= 15 is 0 Å². The molecule has 0 aromatic heterocycles. The van der Waals surface area contributed by atoms with E-state index in [0.29, 0.717) is 39.1 Å². The van der Waals surface area contributed by atoms with Crippen molar-refractivity contribution < 1.29 is 18.0 Å². The van der Waals surface area contributed by atoms with Crippen LogP contribution in [0.1, 0.15) is 45.1 Å². The summed E-state index contributed by atoms with van der Waals surface area (Å²) in [5.74, 6) is 0.128. The van der Waals surface area contributed by atoms with Crippen molar-refractivity contribution in [3.05, 3.63) is 23.8 Å². The minimum absolute atomic E-state index is 0.0299. The molecule has 4 rings (SSSR count). The summed E-state index contributed by atoms with van der Waals surface area (Å²) in [4.78, 5) is 30.6. The van der Waals surface area contributed by atoms with Gasteiger partial charge in [0, 0.05) is 57.9 Å². The van der Waals surface area contributed by atoms with E-state index in [2.05, 4.69) is 4.90 Å². The van der Waals surface area contributed by atoms with E-state index in [1.165, 1.54) is 24.1 Å². The van der Waals surface area contributed by atoms with Gasteiger partial charge in [0.05, 0.1) is 11.4 Å². The van der Waals surface area contributed by atoms with Crippen molar-refractivity contribution in [2.45, 2.75) is 56.9 Å². The number of anilines is 1. The first kappa shape index (κ1) is 23.2. The maximum absolute atomic E-state index is 13.3. The van der Waals surface area contributed by atoms with Crippen LogP contribution in [-0.2, 0) is 26.0 Å². The van der Waals surface area contributed by atoms with E-state index in [4.69, 9.17) is 0 Å². The summed E-state index contributed by atoms with van der Waals surface area (Å²) in [5, 5.41) is 0. The molecule has 0 spiro atoms. The fourth-order valence-corrected chi connectivity index (χ4v) is 6.61. The maximum Gasteiger partial charge on any atom is 0.243 e. The van der Waals surface area contributed by atoms with Crippen LogP contribution in [0.5, 0.6) is 0 Å². The number of hydrogen-bond acceptors (Lipinski definition) is 5. The molecule has 0 radical (unpaired) electrons. The molecule has 0 saturated carbocycles. The molecule has 176 valence electrons. The van der Waals surface area contributed by atoms with Crippen LogP contribution in [0.25, 0.3) is 0 Å². The van der Waals surface area contributed by atoms with E-state index in [1.807, 2.05) is 11.8 Å². The highest BCUT2D eigenvalue weighted by Crippen LogP contribution is 2.34. The lowest BCUT2D eigenvalue weighted by atomic mass is 10.1. The molecule has 1 atom stereocenters. The standard InChI is InChI=1S/C23H34N4O4S/c1-18-15-20-16-21(7-8-22(20)27(18)19(2)28)32(30,31)26-13-11-24(12-14-26)17-23(29)25-9-5-3-4-6-10-25/h7-8,16,18H,3-6,9-15,17H2,1-2H3. The number of nitrogens with zero attached hydrogens (tertiary/aromatic N) is 4. The van der Waals surface area contributed by atoms with E-state index < -0.39 is 10.0 Å². The predicted octanol–water partition coefficient (Wildman–Crippen LogP) is 1.69. The Bertz CT molecular complexity index is 964. The van der Waals surface area contributed by atoms with Gasteiger partial charge in [-0.25, -0.2) is 8.42 Å². The summed E-state index contributed by atoms with van der Waals surface area (Å²) in [7, 11) is -3.61. The quantitative estimate of drug-likeness (QED) is 0.680. The third-order valence-electron chi connectivity index (χ3n) is 6.89. The van der Waals surface area contributed by atoms with Gasteiger partial charge in [-0.15, -0.1) is 0 Å². The van der Waals surface area contributed by atoms with Crippen molar-refractivity contribution >= 4 is 27.5 Å². The molecular formula is C23H34N4O4S. The Hall–Kier alpha value is -1.97. The number of sulfonamides is 1. The van der Waals surface area contributed by atoms with Gasteiger partial charge in [-0.3, -0.25) is 14.5 Å². The first-order chi connectivity index (χ1) is 15.3. The van der Waals surface area contributed by atoms with Gasteiger partial charge in [-0.2, -0.15) is 4.31 Å². The molecule has 1 aromatic rings. The number of carbonyl (C=O) groups is 2. The number of piperazine rings is 1. The van der Waals surface area contributed by atoms with Crippen LogP contribution in [-0.4, -0.2) is 86.2 Å². The fourth-order valence-electron chi connectivity index (χ4n) is 5.14. The monoisotopic (exact) mass is 462 g/mol. The van der Waals surface area contributed by atoms with Crippen molar-refractivity contribution in [2.75, 3.05) is 50.7 Å². The zero-order chi connectivity index (χ0) is 22.9. The van der Waals surface area contributed by atoms with Gasteiger partial charge in [0.2, 0.25) is 21.8 Å². The number of rotatable bonds is 4. The van der Waals surface area contributed by atoms with Crippen molar-refractivity contribution in [1.29, 1.82) is 0 Å². The molecule has 2 amide bonds. The van der Waals surface area contributed by atoms with Crippen molar-refractivity contribution in [3.8, 4) is 0 Å². The van der Waals surface area contributed by atoms with Crippen LogP contribution in [0.3, 0.4) is 0 Å². The molecule has 2 fully saturated rings. The molecule has 3 heterocycles. The van der Waals surface area contributed by atoms with Crippen LogP contribution < -0.4 is 4.90 Å². The molecular weight excluding hydrogens is 428 g/mol. The lowest BCUT2D eigenvalue weighted by molar-refractivity contribution is -0.132. The average molecular weight is 463 g/mol. The van der Waals surface area contributed by atoms with Crippen LogP contribution >= 0.6 is 0 Å². The molecule has 3 aliphatic rings. The second-order valence-electron chi connectivity index (χ2n) is 9.21. The van der Waals surface area contributed by atoms with E-state index in [9.17, 15) is 18.0 Å². The normalized spacial score (nSPS) is 23.1. The van der Waals surface area contributed by atoms with E-state index in [1.54, 1.807) is 23.1 Å². The number of likely N-dealkylation sites (tertiary alicyclic amines) is 1. The predicted molar refractivity (Wildman–Crippen MR) is 123 cm³/mol. The fraction of sp³-hybridized carbons (Fsp3) is 0.652. The Balaban J connectivity index is 1.38. The first-order valence-corrected chi connectivity index (χ1v) is 13.1. The zero-order valence-electron chi connectivity index (χ0n) is 19.1. The van der Waals surface area contributed by atoms with Gasteiger partial charge in [-0.05, 0) is 49.9 Å². The van der Waals surface area contributed by atoms with Crippen molar-refractivity contribution in [3.63, 3.8) is 0 Å². The highest BCUT2D eigenvalue weighted by molar-refractivity contribution is 7.89. The first-order valence-electron chi connectivity index (χ1n) is 11.7. The van der Waals surface area contributed by atoms with Crippen LogP contribution in [0.2, 0.25) is 0 Å². The summed E-state index contributed by atoms with van der Waals surface area (Å²) in [6.07, 6.45) is 5.18. The molecule has 32 heavy (non-hydrogen) atoms. The Morgan fingerprint density at radius 2 is 1.62 bits per heavy atom. The number of benzene rings is 1. The Morgan fingerprint density at radius 3 is 2.25 bits per heavy atom. The van der Waals surface area contributed by atoms with Gasteiger partial charge in [0.15, 0.2) is 0 Å².